The number of carbonyl (C=O) groups excluding carboxylic acids is 1. The lowest BCUT2D eigenvalue weighted by molar-refractivity contribution is -0.154. The highest BCUT2D eigenvalue weighted by Gasteiger charge is 2.48. The molecule has 0 unspecified atom stereocenters. The van der Waals surface area contributed by atoms with Crippen molar-refractivity contribution in [2.75, 3.05) is 14.2 Å². The predicted octanol–water partition coefficient (Wildman–Crippen LogP) is 2.67. The van der Waals surface area contributed by atoms with Crippen molar-refractivity contribution in [1.29, 1.82) is 0 Å². The molecule has 0 saturated carbocycles. The molecule has 2 rings (SSSR count). The van der Waals surface area contributed by atoms with E-state index < -0.39 is 5.60 Å². The van der Waals surface area contributed by atoms with Crippen LogP contribution >= 0.6 is 0 Å². The molecule has 0 fully saturated rings. The van der Waals surface area contributed by atoms with Gasteiger partial charge in [-0.1, -0.05) is 42.0 Å². The monoisotopic (exact) mass is 246 g/mol. The zero-order chi connectivity index (χ0) is 13.2. The van der Waals surface area contributed by atoms with Crippen molar-refractivity contribution in [3.8, 4) is 0 Å². The molecule has 3 heteroatoms. The van der Waals surface area contributed by atoms with Crippen LogP contribution in [-0.2, 0) is 19.9 Å². The van der Waals surface area contributed by atoms with Crippen LogP contribution in [0.2, 0.25) is 0 Å². The smallest absolute Gasteiger partial charge is 0.315 e. The third-order valence-electron chi connectivity index (χ3n) is 3.58. The summed E-state index contributed by atoms with van der Waals surface area (Å²) in [5.74, 6) is -0.632. The Kier molecular flexibility index (Phi) is 3.53. The molecule has 1 aliphatic rings. The van der Waals surface area contributed by atoms with E-state index in [4.69, 9.17) is 9.47 Å². The van der Waals surface area contributed by atoms with Gasteiger partial charge in [-0.05, 0) is 12.5 Å². The van der Waals surface area contributed by atoms with Crippen LogP contribution in [-0.4, -0.2) is 20.2 Å². The molecule has 1 aromatic rings. The Morgan fingerprint density at radius 3 is 2.50 bits per heavy atom. The molecular formula is C15H18O3. The number of carbonyl (C=O) groups is 1. The van der Waals surface area contributed by atoms with E-state index in [0.29, 0.717) is 6.42 Å². The van der Waals surface area contributed by atoms with Crippen molar-refractivity contribution >= 4 is 5.97 Å². The summed E-state index contributed by atoms with van der Waals surface area (Å²) in [6, 6.07) is 9.85. The molecule has 0 N–H and O–H groups in total. The summed E-state index contributed by atoms with van der Waals surface area (Å²) in [5.41, 5.74) is 1.53. The third-order valence-corrected chi connectivity index (χ3v) is 3.58. The first-order valence-corrected chi connectivity index (χ1v) is 6.00. The minimum Gasteiger partial charge on any atom is -0.468 e. The van der Waals surface area contributed by atoms with Gasteiger partial charge >= 0.3 is 5.97 Å². The summed E-state index contributed by atoms with van der Waals surface area (Å²) in [4.78, 5) is 12.0. The van der Waals surface area contributed by atoms with Gasteiger partial charge in [-0.2, -0.15) is 0 Å². The van der Waals surface area contributed by atoms with E-state index in [1.165, 1.54) is 7.11 Å². The molecule has 2 atom stereocenters. The first-order valence-electron chi connectivity index (χ1n) is 6.00. The second kappa shape index (κ2) is 4.94. The van der Waals surface area contributed by atoms with E-state index in [1.54, 1.807) is 7.11 Å². The number of hydrogen-bond donors (Lipinski definition) is 0. The zero-order valence-corrected chi connectivity index (χ0v) is 11.0. The number of benzene rings is 1. The second-order valence-electron chi connectivity index (χ2n) is 4.65. The van der Waals surface area contributed by atoms with Gasteiger partial charge in [-0.3, -0.25) is 4.79 Å². The molecule has 1 aliphatic carbocycles. The van der Waals surface area contributed by atoms with E-state index in [9.17, 15) is 4.79 Å². The van der Waals surface area contributed by atoms with Gasteiger partial charge in [0, 0.05) is 13.5 Å². The Labute approximate surface area is 107 Å². The number of rotatable bonds is 3. The Bertz CT molecular complexity index is 464. The fraction of sp³-hybridized carbons (Fsp3) is 0.400. The molecular weight excluding hydrogens is 228 g/mol. The van der Waals surface area contributed by atoms with Gasteiger partial charge in [0.25, 0.3) is 0 Å². The van der Waals surface area contributed by atoms with Crippen LogP contribution in [0.5, 0.6) is 0 Å². The molecule has 0 amide bonds. The minimum atomic E-state index is -0.627. The molecule has 1 aromatic carbocycles. The van der Waals surface area contributed by atoms with Crippen LogP contribution in [0.4, 0.5) is 0 Å². The summed E-state index contributed by atoms with van der Waals surface area (Å²) in [7, 11) is 3.06. The first-order chi connectivity index (χ1) is 8.64. The number of hydrogen-bond acceptors (Lipinski definition) is 3. The van der Waals surface area contributed by atoms with E-state index in [2.05, 4.69) is 0 Å². The molecule has 18 heavy (non-hydrogen) atoms. The standard InChI is InChI=1S/C15H18O3/c1-11-9-13(14(16)17-2)15(10-11,18-3)12-7-5-4-6-8-12/h4-9,13H,10H2,1-3H3/t13-,15-/m0/s1. The molecule has 0 aliphatic heterocycles. The highest BCUT2D eigenvalue weighted by atomic mass is 16.5. The van der Waals surface area contributed by atoms with Crippen molar-refractivity contribution in [3.63, 3.8) is 0 Å². The lowest BCUT2D eigenvalue weighted by Crippen LogP contribution is -2.38. The molecule has 0 heterocycles. The zero-order valence-electron chi connectivity index (χ0n) is 11.0. The molecule has 0 spiro atoms. The van der Waals surface area contributed by atoms with Crippen LogP contribution in [0.1, 0.15) is 18.9 Å². The Morgan fingerprint density at radius 1 is 1.28 bits per heavy atom. The SMILES string of the molecule is COC(=O)[C@@H]1C=C(C)C[C@]1(OC)c1ccccc1. The molecule has 0 bridgehead atoms. The normalized spacial score (nSPS) is 26.8. The maximum Gasteiger partial charge on any atom is 0.315 e. The van der Waals surface area contributed by atoms with Gasteiger partial charge in [-0.25, -0.2) is 0 Å². The van der Waals surface area contributed by atoms with Gasteiger partial charge in [0.05, 0.1) is 7.11 Å². The van der Waals surface area contributed by atoms with E-state index in [1.807, 2.05) is 43.3 Å². The summed E-state index contributed by atoms with van der Waals surface area (Å²) >= 11 is 0. The molecule has 0 saturated heterocycles. The van der Waals surface area contributed by atoms with Crippen LogP contribution in [0.25, 0.3) is 0 Å². The molecule has 0 radical (unpaired) electrons. The fourth-order valence-electron chi connectivity index (χ4n) is 2.71. The molecule has 3 nitrogen and oxygen atoms in total. The molecule has 0 aromatic heterocycles. The van der Waals surface area contributed by atoms with Gasteiger partial charge in [0.15, 0.2) is 0 Å². The average Bonchev–Trinajstić information content (AvgIpc) is 2.77. The van der Waals surface area contributed by atoms with Gasteiger partial charge in [-0.15, -0.1) is 0 Å². The Hall–Kier alpha value is -1.61. The summed E-state index contributed by atoms with van der Waals surface area (Å²) in [5, 5.41) is 0. The maximum absolute atomic E-state index is 12.0. The number of esters is 1. The maximum atomic E-state index is 12.0. The quantitative estimate of drug-likeness (QED) is 0.607. The van der Waals surface area contributed by atoms with Crippen LogP contribution in [0.3, 0.4) is 0 Å². The highest BCUT2D eigenvalue weighted by molar-refractivity contribution is 5.77. The average molecular weight is 246 g/mol. The lowest BCUT2D eigenvalue weighted by Gasteiger charge is -2.33. The first kappa shape index (κ1) is 12.8. The van der Waals surface area contributed by atoms with Crippen molar-refractivity contribution in [2.24, 2.45) is 5.92 Å². The van der Waals surface area contributed by atoms with Crippen molar-refractivity contribution in [1.82, 2.24) is 0 Å². The number of ether oxygens (including phenoxy) is 2. The Balaban J connectivity index is 2.47. The van der Waals surface area contributed by atoms with Crippen molar-refractivity contribution < 1.29 is 14.3 Å². The number of methoxy groups -OCH3 is 2. The van der Waals surface area contributed by atoms with Crippen LogP contribution in [0, 0.1) is 5.92 Å². The van der Waals surface area contributed by atoms with E-state index in [0.717, 1.165) is 11.1 Å². The minimum absolute atomic E-state index is 0.252. The van der Waals surface area contributed by atoms with Crippen molar-refractivity contribution in [2.45, 2.75) is 18.9 Å². The van der Waals surface area contributed by atoms with Crippen LogP contribution in [0.15, 0.2) is 42.0 Å². The summed E-state index contributed by atoms with van der Waals surface area (Å²) < 4.78 is 10.6. The fourth-order valence-corrected chi connectivity index (χ4v) is 2.71. The third kappa shape index (κ3) is 1.95. The van der Waals surface area contributed by atoms with Gasteiger partial charge in [0.2, 0.25) is 0 Å². The second-order valence-corrected chi connectivity index (χ2v) is 4.65. The van der Waals surface area contributed by atoms with Crippen molar-refractivity contribution in [3.05, 3.63) is 47.5 Å². The molecule has 96 valence electrons. The summed E-state index contributed by atoms with van der Waals surface area (Å²) in [6.07, 6.45) is 2.66. The predicted molar refractivity (Wildman–Crippen MR) is 69.0 cm³/mol. The van der Waals surface area contributed by atoms with E-state index in [-0.39, 0.29) is 11.9 Å². The van der Waals surface area contributed by atoms with Crippen LogP contribution < -0.4 is 0 Å². The Morgan fingerprint density at radius 2 is 1.94 bits per heavy atom. The largest absolute Gasteiger partial charge is 0.468 e. The topological polar surface area (TPSA) is 35.5 Å². The summed E-state index contributed by atoms with van der Waals surface area (Å²) in [6.45, 7) is 2.01. The lowest BCUT2D eigenvalue weighted by atomic mass is 9.82. The highest BCUT2D eigenvalue weighted by Crippen LogP contribution is 2.45. The van der Waals surface area contributed by atoms with Gasteiger partial charge in [0.1, 0.15) is 11.5 Å². The van der Waals surface area contributed by atoms with Gasteiger partial charge < -0.3 is 9.47 Å². The van der Waals surface area contributed by atoms with E-state index >= 15 is 0 Å².